The van der Waals surface area contributed by atoms with Gasteiger partial charge >= 0.3 is 5.97 Å². The van der Waals surface area contributed by atoms with Crippen LogP contribution < -0.4 is 11.1 Å². The number of rotatable bonds is 4. The predicted molar refractivity (Wildman–Crippen MR) is 75.5 cm³/mol. The van der Waals surface area contributed by atoms with E-state index < -0.39 is 5.97 Å². The van der Waals surface area contributed by atoms with Gasteiger partial charge in [0, 0.05) is 17.7 Å². The molecule has 2 aromatic rings. The van der Waals surface area contributed by atoms with E-state index in [0.717, 1.165) is 18.4 Å². The summed E-state index contributed by atoms with van der Waals surface area (Å²) in [6.07, 6.45) is 2.29. The number of hydrogen-bond acceptors (Lipinski definition) is 5. The number of carboxylic acids is 1. The number of nitrogens with zero attached hydrogens (tertiary/aromatic N) is 2. The van der Waals surface area contributed by atoms with Crippen LogP contribution in [0.25, 0.3) is 11.3 Å². The first-order chi connectivity index (χ1) is 9.61. The summed E-state index contributed by atoms with van der Waals surface area (Å²) < 4.78 is 0. The molecule has 0 atom stereocenters. The summed E-state index contributed by atoms with van der Waals surface area (Å²) in [6, 6.07) is 8.82. The van der Waals surface area contributed by atoms with Gasteiger partial charge in [0.1, 0.15) is 5.82 Å². The summed E-state index contributed by atoms with van der Waals surface area (Å²) in [4.78, 5) is 19.2. The summed E-state index contributed by atoms with van der Waals surface area (Å²) in [5, 5.41) is 12.2. The van der Waals surface area contributed by atoms with Crippen molar-refractivity contribution >= 4 is 17.7 Å². The Morgan fingerprint density at radius 2 is 1.95 bits per heavy atom. The number of nitrogens with two attached hydrogens (primary N) is 1. The molecule has 6 nitrogen and oxygen atoms in total. The van der Waals surface area contributed by atoms with Gasteiger partial charge in [-0.2, -0.15) is 4.98 Å². The van der Waals surface area contributed by atoms with Crippen molar-refractivity contribution in [3.05, 3.63) is 35.9 Å². The van der Waals surface area contributed by atoms with Crippen LogP contribution in [-0.2, 0) is 0 Å². The van der Waals surface area contributed by atoms with Crippen LogP contribution in [0, 0.1) is 0 Å². The minimum atomic E-state index is -0.949. The van der Waals surface area contributed by atoms with Crippen LogP contribution in [0.5, 0.6) is 0 Å². The van der Waals surface area contributed by atoms with Crippen LogP contribution in [0.15, 0.2) is 30.3 Å². The van der Waals surface area contributed by atoms with E-state index in [0.29, 0.717) is 17.6 Å². The van der Waals surface area contributed by atoms with Crippen LogP contribution in [0.1, 0.15) is 23.2 Å². The van der Waals surface area contributed by atoms with Crippen LogP contribution in [0.4, 0.5) is 11.8 Å². The third kappa shape index (κ3) is 2.69. The van der Waals surface area contributed by atoms with E-state index in [9.17, 15) is 4.79 Å². The Labute approximate surface area is 115 Å². The maximum Gasteiger partial charge on any atom is 0.335 e. The maximum atomic E-state index is 10.8. The number of carbonyl (C=O) groups is 1. The number of aromatic nitrogens is 2. The molecule has 4 N–H and O–H groups in total. The van der Waals surface area contributed by atoms with Gasteiger partial charge in [0.2, 0.25) is 5.95 Å². The first-order valence-corrected chi connectivity index (χ1v) is 6.36. The van der Waals surface area contributed by atoms with Gasteiger partial charge < -0.3 is 16.2 Å². The highest BCUT2D eigenvalue weighted by Crippen LogP contribution is 2.26. The first kappa shape index (κ1) is 12.4. The maximum absolute atomic E-state index is 10.8. The predicted octanol–water partition coefficient (Wildman–Crippen LogP) is 2.00. The first-order valence-electron chi connectivity index (χ1n) is 6.36. The molecule has 0 aliphatic heterocycles. The molecular formula is C14H14N4O2. The van der Waals surface area contributed by atoms with E-state index in [4.69, 9.17) is 10.8 Å². The van der Waals surface area contributed by atoms with E-state index >= 15 is 0 Å². The van der Waals surface area contributed by atoms with Crippen molar-refractivity contribution in [3.8, 4) is 11.3 Å². The normalized spacial score (nSPS) is 14.0. The zero-order chi connectivity index (χ0) is 14.1. The molecular weight excluding hydrogens is 256 g/mol. The smallest absolute Gasteiger partial charge is 0.335 e. The average Bonchev–Trinajstić information content (AvgIpc) is 3.22. The van der Waals surface area contributed by atoms with E-state index in [1.54, 1.807) is 24.3 Å². The van der Waals surface area contributed by atoms with Crippen molar-refractivity contribution in [2.45, 2.75) is 18.9 Å². The molecule has 1 heterocycles. The number of carboxylic acid groups (broad SMARTS) is 1. The second kappa shape index (κ2) is 4.80. The molecule has 3 rings (SSSR count). The molecule has 1 fully saturated rings. The quantitative estimate of drug-likeness (QED) is 0.785. The van der Waals surface area contributed by atoms with Crippen LogP contribution in [0.2, 0.25) is 0 Å². The van der Waals surface area contributed by atoms with Gasteiger partial charge in [0.15, 0.2) is 0 Å². The second-order valence-corrected chi connectivity index (χ2v) is 4.80. The fourth-order valence-corrected chi connectivity index (χ4v) is 1.91. The third-order valence-corrected chi connectivity index (χ3v) is 3.10. The standard InChI is InChI=1S/C14H14N4O2/c15-14-17-11(7-12(18-14)16-10-5-6-10)8-1-3-9(4-2-8)13(19)20/h1-4,7,10H,5-6H2,(H,19,20)(H3,15,16,17,18). The summed E-state index contributed by atoms with van der Waals surface area (Å²) in [6.45, 7) is 0. The summed E-state index contributed by atoms with van der Waals surface area (Å²) in [7, 11) is 0. The molecule has 0 unspecified atom stereocenters. The highest BCUT2D eigenvalue weighted by atomic mass is 16.4. The Hall–Kier alpha value is -2.63. The number of nitrogens with one attached hydrogen (secondary N) is 1. The van der Waals surface area contributed by atoms with Crippen LogP contribution in [0.3, 0.4) is 0 Å². The highest BCUT2D eigenvalue weighted by Gasteiger charge is 2.21. The Bertz CT molecular complexity index is 651. The Morgan fingerprint density at radius 3 is 2.55 bits per heavy atom. The van der Waals surface area contributed by atoms with E-state index in [1.165, 1.54) is 0 Å². The lowest BCUT2D eigenvalue weighted by molar-refractivity contribution is 0.0697. The minimum absolute atomic E-state index is 0.202. The van der Waals surface area contributed by atoms with Gasteiger partial charge in [0.25, 0.3) is 0 Å². The summed E-state index contributed by atoms with van der Waals surface area (Å²) in [5.41, 5.74) is 7.44. The number of benzene rings is 1. The van der Waals surface area contributed by atoms with Crippen LogP contribution in [-0.4, -0.2) is 27.1 Å². The van der Waals surface area contributed by atoms with Crippen molar-refractivity contribution in [1.29, 1.82) is 0 Å². The van der Waals surface area contributed by atoms with Crippen molar-refractivity contribution in [2.24, 2.45) is 0 Å². The van der Waals surface area contributed by atoms with Gasteiger partial charge in [-0.05, 0) is 25.0 Å². The molecule has 6 heteroatoms. The summed E-state index contributed by atoms with van der Waals surface area (Å²) in [5.74, 6) is -0.0416. The number of anilines is 2. The molecule has 1 aromatic heterocycles. The van der Waals surface area contributed by atoms with Gasteiger partial charge in [-0.3, -0.25) is 0 Å². The topological polar surface area (TPSA) is 101 Å². The van der Waals surface area contributed by atoms with Crippen molar-refractivity contribution < 1.29 is 9.90 Å². The monoisotopic (exact) mass is 270 g/mol. The largest absolute Gasteiger partial charge is 0.478 e. The van der Waals surface area contributed by atoms with Gasteiger partial charge in [-0.1, -0.05) is 12.1 Å². The number of aromatic carboxylic acids is 1. The third-order valence-electron chi connectivity index (χ3n) is 3.10. The molecule has 1 saturated carbocycles. The fourth-order valence-electron chi connectivity index (χ4n) is 1.91. The molecule has 0 spiro atoms. The molecule has 0 bridgehead atoms. The Kier molecular flexibility index (Phi) is 2.98. The van der Waals surface area contributed by atoms with Gasteiger partial charge in [-0.15, -0.1) is 0 Å². The van der Waals surface area contributed by atoms with E-state index in [2.05, 4.69) is 15.3 Å². The van der Waals surface area contributed by atoms with Crippen LogP contribution >= 0.6 is 0 Å². The minimum Gasteiger partial charge on any atom is -0.478 e. The number of hydrogen-bond donors (Lipinski definition) is 3. The highest BCUT2D eigenvalue weighted by molar-refractivity contribution is 5.88. The lowest BCUT2D eigenvalue weighted by Gasteiger charge is -2.07. The molecule has 20 heavy (non-hydrogen) atoms. The van der Waals surface area contributed by atoms with E-state index in [1.807, 2.05) is 6.07 Å². The lowest BCUT2D eigenvalue weighted by Crippen LogP contribution is -2.06. The fraction of sp³-hybridized carbons (Fsp3) is 0.214. The molecule has 1 aliphatic rings. The Morgan fingerprint density at radius 1 is 1.25 bits per heavy atom. The van der Waals surface area contributed by atoms with Crippen molar-refractivity contribution in [1.82, 2.24) is 9.97 Å². The molecule has 0 saturated heterocycles. The molecule has 0 amide bonds. The number of nitrogen functional groups attached to an aromatic ring is 1. The summed E-state index contributed by atoms with van der Waals surface area (Å²) >= 11 is 0. The zero-order valence-electron chi connectivity index (χ0n) is 10.7. The Balaban J connectivity index is 1.91. The van der Waals surface area contributed by atoms with Gasteiger partial charge in [-0.25, -0.2) is 9.78 Å². The molecule has 1 aliphatic carbocycles. The molecule has 102 valence electrons. The van der Waals surface area contributed by atoms with Crippen molar-refractivity contribution in [2.75, 3.05) is 11.1 Å². The van der Waals surface area contributed by atoms with Crippen molar-refractivity contribution in [3.63, 3.8) is 0 Å². The lowest BCUT2D eigenvalue weighted by atomic mass is 10.1. The average molecular weight is 270 g/mol. The second-order valence-electron chi connectivity index (χ2n) is 4.80. The van der Waals surface area contributed by atoms with Gasteiger partial charge in [0.05, 0.1) is 11.3 Å². The zero-order valence-corrected chi connectivity index (χ0v) is 10.7. The SMILES string of the molecule is Nc1nc(NC2CC2)cc(-c2ccc(C(=O)O)cc2)n1. The van der Waals surface area contributed by atoms with E-state index in [-0.39, 0.29) is 11.5 Å². The molecule has 1 aromatic carbocycles. The molecule has 0 radical (unpaired) electrons.